The zero-order chi connectivity index (χ0) is 22.1. The van der Waals surface area contributed by atoms with Gasteiger partial charge in [-0.1, -0.05) is 36.4 Å². The number of allylic oxidation sites excluding steroid dienone is 3. The zero-order valence-electron chi connectivity index (χ0n) is 17.6. The number of benzene rings is 2. The first-order chi connectivity index (χ1) is 15.5. The van der Waals surface area contributed by atoms with Crippen LogP contribution in [0.5, 0.6) is 5.75 Å². The minimum atomic E-state index is -2.97. The zero-order valence-corrected chi connectivity index (χ0v) is 18.4. The van der Waals surface area contributed by atoms with E-state index in [4.69, 9.17) is 9.26 Å². The van der Waals surface area contributed by atoms with Gasteiger partial charge in [0.25, 0.3) is 0 Å². The Balaban J connectivity index is 1.42. The van der Waals surface area contributed by atoms with E-state index >= 15 is 0 Å². The molecule has 2 heterocycles. The molecule has 0 unspecified atom stereocenters. The molecule has 0 aromatic heterocycles. The van der Waals surface area contributed by atoms with Crippen molar-refractivity contribution in [3.8, 4) is 5.75 Å². The van der Waals surface area contributed by atoms with Crippen LogP contribution in [0.4, 0.5) is 5.69 Å². The Morgan fingerprint density at radius 3 is 2.41 bits per heavy atom. The van der Waals surface area contributed by atoms with Gasteiger partial charge < -0.3 is 9.26 Å². The average molecular weight is 453 g/mol. The predicted molar refractivity (Wildman–Crippen MR) is 121 cm³/mol. The molecule has 2 saturated heterocycles. The second-order valence-corrected chi connectivity index (χ2v) is 10.4. The molecule has 0 atom stereocenters. The lowest BCUT2D eigenvalue weighted by Crippen LogP contribution is -2.08. The summed E-state index contributed by atoms with van der Waals surface area (Å²) in [6, 6.07) is 14.6. The van der Waals surface area contributed by atoms with Crippen molar-refractivity contribution in [2.24, 2.45) is 0 Å². The van der Waals surface area contributed by atoms with Crippen LogP contribution in [0.2, 0.25) is 0 Å². The molecule has 2 aromatic carbocycles. The number of nitro benzene ring substituents is 1. The van der Waals surface area contributed by atoms with Crippen molar-refractivity contribution < 1.29 is 18.7 Å². The summed E-state index contributed by atoms with van der Waals surface area (Å²) in [7, 11) is -2.97. The summed E-state index contributed by atoms with van der Waals surface area (Å²) < 4.78 is 28.8. The number of hydrogen-bond donors (Lipinski definition) is 0. The summed E-state index contributed by atoms with van der Waals surface area (Å²) in [6.07, 6.45) is 5.55. The van der Waals surface area contributed by atoms with Crippen molar-refractivity contribution in [3.63, 3.8) is 0 Å². The van der Waals surface area contributed by atoms with Crippen molar-refractivity contribution in [1.29, 1.82) is 0 Å². The number of nitro groups is 1. The Morgan fingerprint density at radius 1 is 1.03 bits per heavy atom. The fourth-order valence-electron chi connectivity index (χ4n) is 3.76. The van der Waals surface area contributed by atoms with E-state index in [1.54, 1.807) is 12.1 Å². The van der Waals surface area contributed by atoms with Crippen molar-refractivity contribution in [2.45, 2.75) is 19.4 Å². The lowest BCUT2D eigenvalue weighted by Gasteiger charge is -2.20. The molecule has 0 saturated carbocycles. The van der Waals surface area contributed by atoms with E-state index in [1.807, 2.05) is 51.8 Å². The van der Waals surface area contributed by atoms with E-state index in [0.29, 0.717) is 11.3 Å². The Kier molecular flexibility index (Phi) is 5.69. The molecule has 166 valence electrons. The van der Waals surface area contributed by atoms with Crippen LogP contribution < -0.4 is 4.74 Å². The normalized spacial score (nSPS) is 18.6. The number of nitrogens with zero attached hydrogens (tertiary/aromatic N) is 3. The predicted octanol–water partition coefficient (Wildman–Crippen LogP) is 4.99. The third kappa shape index (κ3) is 4.40. The molecule has 1 aliphatic carbocycles. The summed E-state index contributed by atoms with van der Waals surface area (Å²) in [5.74, 6) is 0.752. The van der Waals surface area contributed by atoms with Gasteiger partial charge >= 0.3 is 13.4 Å². The molecule has 3 aliphatic rings. The standard InChI is InChI=1S/C23H24N3O5P/c27-26(28)21-11-10-18(17-30-32(29,24-12-13-24)25-14-15-25)16-23(21)31-22-9-5-4-8-20(22)19-6-2-1-3-7-19/h1-3,5-7,9-11,16H,4,8,12-15,17H2. The van der Waals surface area contributed by atoms with Crippen LogP contribution in [0.3, 0.4) is 0 Å². The second kappa shape index (κ2) is 8.64. The molecule has 0 amide bonds. The molecular weight excluding hydrogens is 429 g/mol. The molecule has 2 aliphatic heterocycles. The Labute approximate surface area is 186 Å². The molecule has 0 N–H and O–H groups in total. The van der Waals surface area contributed by atoms with Crippen molar-refractivity contribution in [3.05, 3.63) is 87.7 Å². The van der Waals surface area contributed by atoms with Crippen molar-refractivity contribution >= 4 is 18.9 Å². The highest BCUT2D eigenvalue weighted by molar-refractivity contribution is 7.54. The lowest BCUT2D eigenvalue weighted by molar-refractivity contribution is -0.385. The summed E-state index contributed by atoms with van der Waals surface area (Å²) in [5.41, 5.74) is 2.60. The first-order valence-electron chi connectivity index (χ1n) is 10.7. The quantitative estimate of drug-likeness (QED) is 0.229. The van der Waals surface area contributed by atoms with Gasteiger partial charge in [-0.2, -0.15) is 0 Å². The van der Waals surface area contributed by atoms with Gasteiger partial charge in [0.2, 0.25) is 5.75 Å². The Bertz CT molecular complexity index is 1120. The van der Waals surface area contributed by atoms with Crippen LogP contribution in [0.1, 0.15) is 24.0 Å². The molecular formula is C23H24N3O5P. The van der Waals surface area contributed by atoms with Crippen LogP contribution in [0, 0.1) is 10.1 Å². The van der Waals surface area contributed by atoms with E-state index in [2.05, 4.69) is 0 Å². The molecule has 0 bridgehead atoms. The maximum Gasteiger partial charge on any atom is 0.346 e. The molecule has 0 spiro atoms. The van der Waals surface area contributed by atoms with E-state index < -0.39 is 12.6 Å². The maximum absolute atomic E-state index is 13.2. The highest BCUT2D eigenvalue weighted by Gasteiger charge is 2.49. The van der Waals surface area contributed by atoms with Gasteiger partial charge in [0.15, 0.2) is 0 Å². The molecule has 5 rings (SSSR count). The average Bonchev–Trinajstić information content (AvgIpc) is 3.71. The smallest absolute Gasteiger partial charge is 0.346 e. The van der Waals surface area contributed by atoms with Gasteiger partial charge in [-0.25, -0.2) is 9.34 Å². The van der Waals surface area contributed by atoms with Crippen LogP contribution in [0.15, 0.2) is 66.4 Å². The van der Waals surface area contributed by atoms with E-state index in [1.165, 1.54) is 6.07 Å². The molecule has 0 radical (unpaired) electrons. The number of hydrogen-bond acceptors (Lipinski definition) is 5. The summed E-state index contributed by atoms with van der Waals surface area (Å²) >= 11 is 0. The van der Waals surface area contributed by atoms with E-state index in [-0.39, 0.29) is 18.0 Å². The monoisotopic (exact) mass is 453 g/mol. The van der Waals surface area contributed by atoms with Gasteiger partial charge in [0.1, 0.15) is 5.76 Å². The van der Waals surface area contributed by atoms with Gasteiger partial charge in [-0.15, -0.1) is 0 Å². The van der Waals surface area contributed by atoms with Gasteiger partial charge in [0.05, 0.1) is 11.5 Å². The van der Waals surface area contributed by atoms with Crippen LogP contribution in [-0.4, -0.2) is 40.4 Å². The maximum atomic E-state index is 13.2. The molecule has 2 fully saturated rings. The Morgan fingerprint density at radius 2 is 1.75 bits per heavy atom. The topological polar surface area (TPSA) is 84.7 Å². The minimum absolute atomic E-state index is 0.0963. The molecule has 2 aromatic rings. The summed E-state index contributed by atoms with van der Waals surface area (Å²) in [6.45, 7) is 3.17. The third-order valence-corrected chi connectivity index (χ3v) is 8.35. The van der Waals surface area contributed by atoms with E-state index in [9.17, 15) is 14.7 Å². The first kappa shape index (κ1) is 21.1. The fourth-order valence-corrected chi connectivity index (χ4v) is 5.95. The van der Waals surface area contributed by atoms with Crippen molar-refractivity contribution in [1.82, 2.24) is 9.34 Å². The van der Waals surface area contributed by atoms with Crippen LogP contribution in [0.25, 0.3) is 5.57 Å². The SMILES string of the molecule is O=[N+]([O-])c1ccc(COP(=O)(N2CC2)N2CC2)cc1OC1=C(c2ccccc2)CCC=C1. The fraction of sp³-hybridized carbons (Fsp3) is 0.304. The second-order valence-electron chi connectivity index (χ2n) is 7.98. The Hall–Kier alpha value is -2.77. The summed E-state index contributed by atoms with van der Waals surface area (Å²) in [4.78, 5) is 11.2. The van der Waals surface area contributed by atoms with Gasteiger partial charge in [-0.05, 0) is 42.2 Å². The largest absolute Gasteiger partial charge is 0.450 e. The first-order valence-corrected chi connectivity index (χ1v) is 12.2. The molecule has 32 heavy (non-hydrogen) atoms. The molecule has 8 nitrogen and oxygen atoms in total. The van der Waals surface area contributed by atoms with E-state index in [0.717, 1.165) is 50.2 Å². The lowest BCUT2D eigenvalue weighted by atomic mass is 9.96. The number of rotatable bonds is 9. The van der Waals surface area contributed by atoms with Gasteiger partial charge in [-0.3, -0.25) is 14.7 Å². The molecule has 9 heteroatoms. The highest BCUT2D eigenvalue weighted by Crippen LogP contribution is 2.61. The van der Waals surface area contributed by atoms with Crippen molar-refractivity contribution in [2.75, 3.05) is 26.2 Å². The highest BCUT2D eigenvalue weighted by atomic mass is 31.2. The minimum Gasteiger partial charge on any atom is -0.450 e. The van der Waals surface area contributed by atoms with Gasteiger partial charge in [0, 0.05) is 37.8 Å². The van der Waals surface area contributed by atoms with Crippen LogP contribution >= 0.6 is 7.67 Å². The van der Waals surface area contributed by atoms with Crippen LogP contribution in [-0.2, 0) is 15.7 Å². The summed E-state index contributed by atoms with van der Waals surface area (Å²) in [5, 5.41) is 11.6. The third-order valence-electron chi connectivity index (χ3n) is 5.65. The number of ether oxygens (including phenoxy) is 1.